The number of hydrogen-bond acceptors (Lipinski definition) is 4. The summed E-state index contributed by atoms with van der Waals surface area (Å²) in [4.78, 5) is 29.0. The minimum atomic E-state index is -0.662. The van der Waals surface area contributed by atoms with Crippen LogP contribution in [-0.2, 0) is 0 Å². The number of amides is 2. The number of nitrogens with one attached hydrogen (secondary N) is 2. The second-order valence-electron chi connectivity index (χ2n) is 6.71. The third kappa shape index (κ3) is 5.00. The van der Waals surface area contributed by atoms with E-state index in [0.29, 0.717) is 5.56 Å². The lowest BCUT2D eigenvalue weighted by Gasteiger charge is -2.19. The molecule has 2 amide bonds. The number of hydrogen-bond donors (Lipinski definition) is 2. The number of rotatable bonds is 6. The fourth-order valence-corrected chi connectivity index (χ4v) is 2.80. The van der Waals surface area contributed by atoms with Gasteiger partial charge in [0.05, 0.1) is 5.69 Å². The Morgan fingerprint density at radius 1 is 1.10 bits per heavy atom. The molecule has 0 bridgehead atoms. The Hall–Kier alpha value is -3.19. The summed E-state index contributed by atoms with van der Waals surface area (Å²) >= 11 is 5.71. The summed E-state index contributed by atoms with van der Waals surface area (Å²) in [5.41, 5.74) is 0.441. The van der Waals surface area contributed by atoms with Gasteiger partial charge in [-0.05, 0) is 36.2 Å². The zero-order valence-corrected chi connectivity index (χ0v) is 16.5. The van der Waals surface area contributed by atoms with Gasteiger partial charge in [-0.25, -0.2) is 9.37 Å². The van der Waals surface area contributed by atoms with Gasteiger partial charge in [0, 0.05) is 10.6 Å². The van der Waals surface area contributed by atoms with Crippen LogP contribution in [0.3, 0.4) is 0 Å². The molecule has 0 aliphatic rings. The van der Waals surface area contributed by atoms with Gasteiger partial charge in [0.15, 0.2) is 5.69 Å². The first-order valence-electron chi connectivity index (χ1n) is 8.93. The molecule has 0 saturated heterocycles. The number of carbonyl (C=O) groups is 2. The molecule has 1 aromatic heterocycles. The largest absolute Gasteiger partial charge is 0.446 e. The lowest BCUT2D eigenvalue weighted by molar-refractivity contribution is 0.0916. The van der Waals surface area contributed by atoms with E-state index in [0.717, 1.165) is 6.07 Å². The molecule has 0 spiro atoms. The fourth-order valence-electron chi connectivity index (χ4n) is 2.64. The van der Waals surface area contributed by atoms with Crippen LogP contribution in [0.2, 0.25) is 5.02 Å². The van der Waals surface area contributed by atoms with Crippen LogP contribution in [0.25, 0.3) is 0 Å². The number of benzene rings is 2. The van der Waals surface area contributed by atoms with Crippen LogP contribution in [0, 0.1) is 11.7 Å². The van der Waals surface area contributed by atoms with E-state index < -0.39 is 17.8 Å². The predicted octanol–water partition coefficient (Wildman–Crippen LogP) is 4.85. The minimum Gasteiger partial charge on any atom is -0.446 e. The van der Waals surface area contributed by atoms with Crippen molar-refractivity contribution < 1.29 is 18.4 Å². The molecule has 2 N–H and O–H groups in total. The third-order valence-electron chi connectivity index (χ3n) is 4.19. The Bertz CT molecular complexity index is 1020. The molecule has 2 aromatic carbocycles. The van der Waals surface area contributed by atoms with Crippen molar-refractivity contribution in [3.8, 4) is 0 Å². The van der Waals surface area contributed by atoms with Crippen LogP contribution >= 0.6 is 11.6 Å². The number of aromatic nitrogens is 1. The highest BCUT2D eigenvalue weighted by atomic mass is 35.5. The molecule has 0 aliphatic heterocycles. The van der Waals surface area contributed by atoms with Crippen molar-refractivity contribution in [2.24, 2.45) is 5.92 Å². The smallest absolute Gasteiger partial charge is 0.277 e. The minimum absolute atomic E-state index is 0.0262. The average Bonchev–Trinajstić information content (AvgIpc) is 3.18. The molecule has 3 aromatic rings. The van der Waals surface area contributed by atoms with E-state index in [1.54, 1.807) is 24.3 Å². The van der Waals surface area contributed by atoms with E-state index in [4.69, 9.17) is 16.0 Å². The zero-order valence-electron chi connectivity index (χ0n) is 15.8. The van der Waals surface area contributed by atoms with Crippen molar-refractivity contribution in [2.45, 2.75) is 19.9 Å². The van der Waals surface area contributed by atoms with E-state index in [9.17, 15) is 14.0 Å². The first-order valence-corrected chi connectivity index (χ1v) is 9.30. The molecule has 1 heterocycles. The van der Waals surface area contributed by atoms with Crippen molar-refractivity contribution in [1.29, 1.82) is 0 Å². The predicted molar refractivity (Wildman–Crippen MR) is 107 cm³/mol. The molecule has 1 atom stereocenters. The van der Waals surface area contributed by atoms with Gasteiger partial charge in [-0.3, -0.25) is 9.59 Å². The number of nitrogens with zero attached hydrogens (tertiary/aromatic N) is 1. The van der Waals surface area contributed by atoms with Crippen LogP contribution < -0.4 is 10.6 Å². The average molecular weight is 416 g/mol. The van der Waals surface area contributed by atoms with E-state index in [1.807, 2.05) is 19.9 Å². The number of oxazole rings is 1. The van der Waals surface area contributed by atoms with Crippen molar-refractivity contribution in [3.05, 3.63) is 82.8 Å². The summed E-state index contributed by atoms with van der Waals surface area (Å²) in [6, 6.07) is 12.1. The van der Waals surface area contributed by atoms with Gasteiger partial charge >= 0.3 is 0 Å². The van der Waals surface area contributed by atoms with Gasteiger partial charge in [0.1, 0.15) is 18.1 Å². The highest BCUT2D eigenvalue weighted by molar-refractivity contribution is 6.30. The monoisotopic (exact) mass is 415 g/mol. The Morgan fingerprint density at radius 2 is 1.83 bits per heavy atom. The van der Waals surface area contributed by atoms with Gasteiger partial charge < -0.3 is 15.1 Å². The second kappa shape index (κ2) is 8.87. The van der Waals surface area contributed by atoms with Gasteiger partial charge in [-0.2, -0.15) is 0 Å². The maximum atomic E-state index is 13.9. The molecule has 150 valence electrons. The number of halogens is 2. The summed E-state index contributed by atoms with van der Waals surface area (Å²) in [5.74, 6) is -1.45. The van der Waals surface area contributed by atoms with Crippen LogP contribution in [0.15, 0.2) is 59.2 Å². The topological polar surface area (TPSA) is 84.2 Å². The highest BCUT2D eigenvalue weighted by Crippen LogP contribution is 2.23. The molecule has 3 rings (SSSR count). The third-order valence-corrected chi connectivity index (χ3v) is 4.42. The van der Waals surface area contributed by atoms with Crippen molar-refractivity contribution >= 4 is 29.1 Å². The van der Waals surface area contributed by atoms with Gasteiger partial charge in [-0.15, -0.1) is 0 Å². The van der Waals surface area contributed by atoms with Crippen LogP contribution in [0.5, 0.6) is 0 Å². The SMILES string of the molecule is CC(C)[C@H](NC(=O)c1ccccc1)c1nc(C(=O)Nc2ccc(Cl)cc2F)co1. The summed E-state index contributed by atoms with van der Waals surface area (Å²) in [6.07, 6.45) is 1.17. The Kier molecular flexibility index (Phi) is 6.29. The maximum Gasteiger partial charge on any atom is 0.277 e. The van der Waals surface area contributed by atoms with Crippen LogP contribution in [0.4, 0.5) is 10.1 Å². The summed E-state index contributed by atoms with van der Waals surface area (Å²) in [6.45, 7) is 3.78. The van der Waals surface area contributed by atoms with E-state index in [1.165, 1.54) is 18.4 Å². The summed E-state index contributed by atoms with van der Waals surface area (Å²) in [7, 11) is 0. The second-order valence-corrected chi connectivity index (χ2v) is 7.15. The van der Waals surface area contributed by atoms with Gasteiger partial charge in [0.2, 0.25) is 5.89 Å². The zero-order chi connectivity index (χ0) is 21.0. The van der Waals surface area contributed by atoms with Gasteiger partial charge in [-0.1, -0.05) is 43.6 Å². The van der Waals surface area contributed by atoms with Crippen molar-refractivity contribution in [1.82, 2.24) is 10.3 Å². The molecular formula is C21H19ClFN3O3. The lowest BCUT2D eigenvalue weighted by Crippen LogP contribution is -2.32. The van der Waals surface area contributed by atoms with Crippen molar-refractivity contribution in [3.63, 3.8) is 0 Å². The Morgan fingerprint density at radius 3 is 2.48 bits per heavy atom. The maximum absolute atomic E-state index is 13.9. The summed E-state index contributed by atoms with van der Waals surface area (Å²) < 4.78 is 19.3. The molecular weight excluding hydrogens is 397 g/mol. The number of carbonyl (C=O) groups excluding carboxylic acids is 2. The Balaban J connectivity index is 1.75. The molecule has 0 unspecified atom stereocenters. The van der Waals surface area contributed by atoms with Crippen LogP contribution in [0.1, 0.15) is 46.6 Å². The van der Waals surface area contributed by atoms with Crippen molar-refractivity contribution in [2.75, 3.05) is 5.32 Å². The molecule has 0 fully saturated rings. The molecule has 0 saturated carbocycles. The quantitative estimate of drug-likeness (QED) is 0.603. The Labute approximate surface area is 172 Å². The molecule has 6 nitrogen and oxygen atoms in total. The molecule has 8 heteroatoms. The number of anilines is 1. The molecule has 0 radical (unpaired) electrons. The normalized spacial score (nSPS) is 11.9. The fraction of sp³-hybridized carbons (Fsp3) is 0.190. The molecule has 29 heavy (non-hydrogen) atoms. The lowest BCUT2D eigenvalue weighted by atomic mass is 10.0. The highest BCUT2D eigenvalue weighted by Gasteiger charge is 2.25. The van der Waals surface area contributed by atoms with Crippen LogP contribution in [-0.4, -0.2) is 16.8 Å². The molecule has 0 aliphatic carbocycles. The summed E-state index contributed by atoms with van der Waals surface area (Å²) in [5, 5.41) is 5.50. The first-order chi connectivity index (χ1) is 13.8. The first kappa shape index (κ1) is 20.5. The standard InChI is InChI=1S/C21H19ClFN3O3/c1-12(2)18(26-19(27)13-6-4-3-5-7-13)21-25-17(11-29-21)20(28)24-16-9-8-14(22)10-15(16)23/h3-12,18H,1-2H3,(H,24,28)(H,26,27)/t18-/m0/s1. The van der Waals surface area contributed by atoms with Gasteiger partial charge in [0.25, 0.3) is 11.8 Å². The van der Waals surface area contributed by atoms with E-state index in [2.05, 4.69) is 15.6 Å². The van der Waals surface area contributed by atoms with E-state index >= 15 is 0 Å². The van der Waals surface area contributed by atoms with E-state index in [-0.39, 0.29) is 34.1 Å².